The Labute approximate surface area is 211 Å². The zero-order valence-electron chi connectivity index (χ0n) is 18.3. The maximum Gasteiger partial charge on any atom is 0.485 e. The zero-order valence-corrected chi connectivity index (χ0v) is 22.2. The van der Waals surface area contributed by atoms with Crippen molar-refractivity contribution < 1.29 is 56.6 Å². The second-order valence-corrected chi connectivity index (χ2v) is 13.1. The Morgan fingerprint density at radius 1 is 0.568 bits per heavy atom. The molecule has 0 aliphatic carbocycles. The van der Waals surface area contributed by atoms with Gasteiger partial charge in [0.25, 0.3) is 7.49 Å². The summed E-state index contributed by atoms with van der Waals surface area (Å²) < 4.78 is 124. The third-order valence-corrected chi connectivity index (χ3v) is 9.88. The molecule has 0 spiro atoms. The molecule has 204 valence electrons. The molecule has 0 saturated carbocycles. The van der Waals surface area contributed by atoms with Crippen molar-refractivity contribution in [1.82, 2.24) is 0 Å². The van der Waals surface area contributed by atoms with Crippen LogP contribution in [0.5, 0.6) is 0 Å². The van der Waals surface area contributed by atoms with Gasteiger partial charge in [-0.05, 0) is 36.4 Å². The van der Waals surface area contributed by atoms with Gasteiger partial charge < -0.3 is 9.11 Å². The molecule has 0 saturated heterocycles. The van der Waals surface area contributed by atoms with E-state index in [1.807, 2.05) is 18.2 Å². The SMILES string of the molecule is O=S(=O)([O-])C(F)(F)F.O=S(=O)([O-])C(F)(F)F.[PH3+]O[P+](c1ccccc1)(c1ccccc1)c1ccccc1. The monoisotopic (exact) mass is 610 g/mol. The summed E-state index contributed by atoms with van der Waals surface area (Å²) in [5.74, 6) is 0. The van der Waals surface area contributed by atoms with Crippen molar-refractivity contribution in [3.05, 3.63) is 91.0 Å². The Balaban J connectivity index is 0.000000355. The lowest BCUT2D eigenvalue weighted by Gasteiger charge is -2.20. The molecule has 0 bridgehead atoms. The van der Waals surface area contributed by atoms with E-state index in [-0.39, 0.29) is 0 Å². The van der Waals surface area contributed by atoms with Crippen LogP contribution in [-0.4, -0.2) is 37.0 Å². The van der Waals surface area contributed by atoms with Crippen molar-refractivity contribution in [1.29, 1.82) is 0 Å². The number of alkyl halides is 6. The molecule has 3 aromatic rings. The lowest BCUT2D eigenvalue weighted by molar-refractivity contribution is -0.0522. The van der Waals surface area contributed by atoms with E-state index in [0.29, 0.717) is 0 Å². The van der Waals surface area contributed by atoms with Crippen molar-refractivity contribution in [2.45, 2.75) is 11.0 Å². The van der Waals surface area contributed by atoms with Gasteiger partial charge in [-0.2, -0.15) is 26.3 Å². The van der Waals surface area contributed by atoms with Gasteiger partial charge >= 0.3 is 11.0 Å². The highest BCUT2D eigenvalue weighted by Gasteiger charge is 2.49. The van der Waals surface area contributed by atoms with Crippen LogP contribution < -0.4 is 15.9 Å². The van der Waals surface area contributed by atoms with Gasteiger partial charge in [-0.15, -0.1) is 0 Å². The third kappa shape index (κ3) is 9.29. The zero-order chi connectivity index (χ0) is 28.5. The van der Waals surface area contributed by atoms with Crippen LogP contribution in [0.15, 0.2) is 91.0 Å². The molecular weight excluding hydrogens is 592 g/mol. The normalized spacial score (nSPS) is 12.5. The Morgan fingerprint density at radius 3 is 0.892 bits per heavy atom. The molecule has 0 amide bonds. The molecule has 1 unspecified atom stereocenters. The molecule has 0 heterocycles. The van der Waals surface area contributed by atoms with E-state index in [2.05, 4.69) is 72.8 Å². The van der Waals surface area contributed by atoms with Crippen molar-refractivity contribution >= 4 is 53.1 Å². The summed E-state index contributed by atoms with van der Waals surface area (Å²) in [6.45, 7) is 0. The molecular formula is C20H18F6O7P2S2. The van der Waals surface area contributed by atoms with Crippen LogP contribution in [0.3, 0.4) is 0 Å². The largest absolute Gasteiger partial charge is 0.741 e. The van der Waals surface area contributed by atoms with Crippen LogP contribution in [0, 0.1) is 0 Å². The van der Waals surface area contributed by atoms with Crippen LogP contribution in [0.4, 0.5) is 26.3 Å². The summed E-state index contributed by atoms with van der Waals surface area (Å²) >= 11 is 0. The minimum atomic E-state index is -6.09. The molecule has 3 rings (SSSR count). The van der Waals surface area contributed by atoms with Crippen molar-refractivity contribution in [3.8, 4) is 0 Å². The van der Waals surface area contributed by atoms with E-state index in [9.17, 15) is 26.3 Å². The Kier molecular flexibility index (Phi) is 11.7. The fraction of sp³-hybridized carbons (Fsp3) is 0.100. The number of halogens is 6. The van der Waals surface area contributed by atoms with Gasteiger partial charge in [0.05, 0.1) is 0 Å². The van der Waals surface area contributed by atoms with E-state index >= 15 is 0 Å². The first-order chi connectivity index (χ1) is 16.9. The van der Waals surface area contributed by atoms with Crippen molar-refractivity contribution in [3.63, 3.8) is 0 Å². The second kappa shape index (κ2) is 13.1. The van der Waals surface area contributed by atoms with Gasteiger partial charge in [0.2, 0.25) is 0 Å². The van der Waals surface area contributed by atoms with E-state index in [1.165, 1.54) is 15.9 Å². The lowest BCUT2D eigenvalue weighted by Crippen LogP contribution is -2.31. The maximum atomic E-state index is 10.7. The predicted octanol–water partition coefficient (Wildman–Crippen LogP) is 3.54. The Morgan fingerprint density at radius 2 is 0.757 bits per heavy atom. The topological polar surface area (TPSA) is 124 Å². The van der Waals surface area contributed by atoms with Crippen LogP contribution >= 0.6 is 17.0 Å². The predicted molar refractivity (Wildman–Crippen MR) is 129 cm³/mol. The standard InChI is InChI=1S/C18H18OP2.2CHF3O3S/c20-19-21(16-10-4-1-5-11-16,17-12-6-2-7-13-17)18-14-8-3-9-15-18;2*2-1(3,4)8(5,6)7/h1-15H,20H3;2*(H,5,6,7)/q+2;;/p-2. The molecule has 0 radical (unpaired) electrons. The minimum absolute atomic E-state index is 1.25. The fourth-order valence-electron chi connectivity index (χ4n) is 2.58. The summed E-state index contributed by atoms with van der Waals surface area (Å²) in [6.07, 6.45) is 0. The molecule has 0 fully saturated rings. The van der Waals surface area contributed by atoms with Gasteiger partial charge in [0, 0.05) is 0 Å². The molecule has 7 nitrogen and oxygen atoms in total. The van der Waals surface area contributed by atoms with Crippen molar-refractivity contribution in [2.24, 2.45) is 0 Å². The van der Waals surface area contributed by atoms with Crippen LogP contribution in [0.1, 0.15) is 0 Å². The fourth-order valence-corrected chi connectivity index (χ4v) is 7.04. The second-order valence-electron chi connectivity index (χ2n) is 6.54. The highest BCUT2D eigenvalue weighted by atomic mass is 32.2. The Hall–Kier alpha value is -2.12. The van der Waals surface area contributed by atoms with Crippen LogP contribution in [0.2, 0.25) is 0 Å². The van der Waals surface area contributed by atoms with Crippen LogP contribution in [-0.2, 0) is 24.5 Å². The van der Waals surface area contributed by atoms with Gasteiger partial charge in [0.1, 0.15) is 15.9 Å². The first kappa shape index (κ1) is 32.9. The Bertz CT molecular complexity index is 1180. The first-order valence-electron chi connectivity index (χ1n) is 9.42. The average Bonchev–Trinajstić information content (AvgIpc) is 2.80. The van der Waals surface area contributed by atoms with E-state index in [0.717, 1.165) is 0 Å². The summed E-state index contributed by atoms with van der Waals surface area (Å²) in [5, 5.41) is 3.74. The van der Waals surface area contributed by atoms with Crippen LogP contribution in [0.25, 0.3) is 0 Å². The summed E-state index contributed by atoms with van der Waals surface area (Å²) in [4.78, 5) is 0. The summed E-state index contributed by atoms with van der Waals surface area (Å²) in [5.41, 5.74) is -11.3. The molecule has 1 atom stereocenters. The number of rotatable bonds is 4. The molecule has 0 aromatic heterocycles. The lowest BCUT2D eigenvalue weighted by atomic mass is 10.4. The smallest absolute Gasteiger partial charge is 0.485 e. The molecule has 0 aliphatic rings. The van der Waals surface area contributed by atoms with Gasteiger partial charge in [-0.25, -0.2) is 16.8 Å². The average molecular weight is 610 g/mol. The molecule has 3 aromatic carbocycles. The molecule has 37 heavy (non-hydrogen) atoms. The summed E-state index contributed by atoms with van der Waals surface area (Å²) in [6, 6.07) is 31.6. The number of benzene rings is 3. The van der Waals surface area contributed by atoms with Gasteiger partial charge in [-0.3, -0.25) is 0 Å². The quantitative estimate of drug-likeness (QED) is 0.192. The molecule has 0 N–H and O–H groups in total. The van der Waals surface area contributed by atoms with Gasteiger partial charge in [-0.1, -0.05) is 58.9 Å². The third-order valence-electron chi connectivity index (χ3n) is 4.12. The first-order valence-corrected chi connectivity index (χ1v) is 14.5. The molecule has 0 aliphatic heterocycles. The highest BCUT2D eigenvalue weighted by Crippen LogP contribution is 2.58. The highest BCUT2D eigenvalue weighted by molar-refractivity contribution is 7.93. The minimum Gasteiger partial charge on any atom is -0.741 e. The summed E-state index contributed by atoms with van der Waals surface area (Å²) in [7, 11) is -12.6. The van der Waals surface area contributed by atoms with Crippen molar-refractivity contribution in [2.75, 3.05) is 0 Å². The maximum absolute atomic E-state index is 10.7. The number of hydrogen-bond acceptors (Lipinski definition) is 7. The van der Waals surface area contributed by atoms with E-state index in [1.54, 1.807) is 9.47 Å². The van der Waals surface area contributed by atoms with E-state index in [4.69, 9.17) is 30.3 Å². The van der Waals surface area contributed by atoms with E-state index < -0.39 is 38.7 Å². The number of hydrogen-bond donors (Lipinski definition) is 0. The molecule has 17 heteroatoms. The van der Waals surface area contributed by atoms with Gasteiger partial charge in [0.15, 0.2) is 29.7 Å².